The summed E-state index contributed by atoms with van der Waals surface area (Å²) in [4.78, 5) is 20.3. The van der Waals surface area contributed by atoms with Gasteiger partial charge in [-0.3, -0.25) is 14.9 Å². The molecule has 0 saturated heterocycles. The van der Waals surface area contributed by atoms with Gasteiger partial charge in [-0.05, 0) is 25.0 Å². The lowest BCUT2D eigenvalue weighted by Crippen LogP contribution is -2.12. The number of aliphatic hydroxyl groups excluding tert-OH is 1. The Morgan fingerprint density at radius 1 is 1.30 bits per heavy atom. The average Bonchev–Trinajstić information content (AvgIpc) is 2.39. The van der Waals surface area contributed by atoms with Crippen LogP contribution in [-0.2, 0) is 4.79 Å². The summed E-state index contributed by atoms with van der Waals surface area (Å²) >= 11 is 0. The summed E-state index contributed by atoms with van der Waals surface area (Å²) in [5, 5.41) is 28.5. The highest BCUT2D eigenvalue weighted by Crippen LogP contribution is 2.17. The van der Waals surface area contributed by atoms with Crippen molar-refractivity contribution in [3.63, 3.8) is 0 Å². The number of non-ortho nitro benzene ring substituents is 1. The summed E-state index contributed by atoms with van der Waals surface area (Å²) in [7, 11) is 0. The Hall–Kier alpha value is -2.15. The lowest BCUT2D eigenvalue weighted by molar-refractivity contribution is -0.384. The molecule has 0 aliphatic rings. The predicted octanol–water partition coefficient (Wildman–Crippen LogP) is 1.98. The van der Waals surface area contributed by atoms with Gasteiger partial charge in [-0.25, -0.2) is 0 Å². The predicted molar refractivity (Wildman–Crippen MR) is 70.7 cm³/mol. The number of carbonyl (C=O) groups is 1. The minimum absolute atomic E-state index is 0.00828. The van der Waals surface area contributed by atoms with Crippen molar-refractivity contribution >= 4 is 11.7 Å². The van der Waals surface area contributed by atoms with E-state index in [2.05, 4.69) is 0 Å². The number of carboxylic acid groups (broad SMARTS) is 1. The first-order valence-electron chi connectivity index (χ1n) is 6.26. The van der Waals surface area contributed by atoms with E-state index in [1.807, 2.05) is 0 Å². The number of aliphatic carboxylic acids is 1. The third-order valence-corrected chi connectivity index (χ3v) is 2.70. The number of hydrogen-bond acceptors (Lipinski definition) is 5. The second kappa shape index (κ2) is 8.11. The van der Waals surface area contributed by atoms with Crippen LogP contribution in [0.5, 0.6) is 5.75 Å². The van der Waals surface area contributed by atoms with Crippen molar-refractivity contribution in [3.8, 4) is 5.75 Å². The molecule has 1 rings (SSSR count). The van der Waals surface area contributed by atoms with E-state index in [1.54, 1.807) is 0 Å². The Bertz CT molecular complexity index is 445. The number of nitro benzene ring substituents is 1. The smallest absolute Gasteiger partial charge is 0.303 e. The standard InChI is InChI=1S/C13H17NO6/c15-11(2-1-3-13(16)17)8-9-20-12-6-4-10(5-7-12)14(18)19/h4-7,11,15H,1-3,8-9H2,(H,16,17). The summed E-state index contributed by atoms with van der Waals surface area (Å²) in [5.74, 6) is -0.382. The first-order chi connectivity index (χ1) is 9.49. The molecule has 1 unspecified atom stereocenters. The number of ether oxygens (including phenoxy) is 1. The molecule has 7 nitrogen and oxygen atoms in total. The molecule has 110 valence electrons. The van der Waals surface area contributed by atoms with Gasteiger partial charge in [-0.15, -0.1) is 0 Å². The zero-order valence-electron chi connectivity index (χ0n) is 10.9. The van der Waals surface area contributed by atoms with Crippen molar-refractivity contribution in [2.75, 3.05) is 6.61 Å². The fraction of sp³-hybridized carbons (Fsp3) is 0.462. The highest BCUT2D eigenvalue weighted by molar-refractivity contribution is 5.66. The summed E-state index contributed by atoms with van der Waals surface area (Å²) in [6.07, 6.45) is 0.660. The minimum atomic E-state index is -0.876. The normalized spacial score (nSPS) is 11.8. The molecule has 1 atom stereocenters. The van der Waals surface area contributed by atoms with Gasteiger partial charge in [0, 0.05) is 25.0 Å². The molecule has 2 N–H and O–H groups in total. The Morgan fingerprint density at radius 3 is 2.50 bits per heavy atom. The van der Waals surface area contributed by atoms with Gasteiger partial charge in [0.1, 0.15) is 5.75 Å². The van der Waals surface area contributed by atoms with Gasteiger partial charge in [0.25, 0.3) is 5.69 Å². The number of benzene rings is 1. The Labute approximate surface area is 116 Å². The number of hydrogen-bond donors (Lipinski definition) is 2. The van der Waals surface area contributed by atoms with E-state index in [4.69, 9.17) is 9.84 Å². The van der Waals surface area contributed by atoms with Crippen molar-refractivity contribution in [1.29, 1.82) is 0 Å². The second-order valence-corrected chi connectivity index (χ2v) is 4.33. The summed E-state index contributed by atoms with van der Waals surface area (Å²) in [6.45, 7) is 0.270. The van der Waals surface area contributed by atoms with Gasteiger partial charge in [-0.2, -0.15) is 0 Å². The van der Waals surface area contributed by atoms with Crippen LogP contribution in [0.25, 0.3) is 0 Å². The summed E-state index contributed by atoms with van der Waals surface area (Å²) < 4.78 is 5.34. The third-order valence-electron chi connectivity index (χ3n) is 2.70. The molecule has 7 heteroatoms. The van der Waals surface area contributed by atoms with Gasteiger partial charge in [0.05, 0.1) is 17.6 Å². The molecule has 0 aliphatic heterocycles. The first kappa shape index (κ1) is 15.9. The van der Waals surface area contributed by atoms with Crippen molar-refractivity contribution in [3.05, 3.63) is 34.4 Å². The molecule has 1 aromatic carbocycles. The lowest BCUT2D eigenvalue weighted by Gasteiger charge is -2.10. The highest BCUT2D eigenvalue weighted by Gasteiger charge is 2.07. The number of nitrogens with zero attached hydrogens (tertiary/aromatic N) is 1. The van der Waals surface area contributed by atoms with Crippen LogP contribution < -0.4 is 4.74 Å². The number of nitro groups is 1. The average molecular weight is 283 g/mol. The van der Waals surface area contributed by atoms with Gasteiger partial charge in [-0.1, -0.05) is 0 Å². The lowest BCUT2D eigenvalue weighted by atomic mass is 10.1. The summed E-state index contributed by atoms with van der Waals surface area (Å²) in [5.41, 5.74) is -0.00828. The monoisotopic (exact) mass is 283 g/mol. The fourth-order valence-electron chi connectivity index (χ4n) is 1.61. The molecular formula is C13H17NO6. The van der Waals surface area contributed by atoms with Gasteiger partial charge < -0.3 is 14.9 Å². The molecule has 0 heterocycles. The first-order valence-corrected chi connectivity index (χ1v) is 6.26. The number of carboxylic acids is 1. The SMILES string of the molecule is O=C(O)CCCC(O)CCOc1ccc([N+](=O)[O-])cc1. The second-order valence-electron chi connectivity index (χ2n) is 4.33. The van der Waals surface area contributed by atoms with Crippen LogP contribution >= 0.6 is 0 Å². The van der Waals surface area contributed by atoms with E-state index in [1.165, 1.54) is 24.3 Å². The molecule has 1 aromatic rings. The number of rotatable bonds is 9. The molecule has 0 amide bonds. The molecule has 0 spiro atoms. The van der Waals surface area contributed by atoms with Crippen LogP contribution in [0.1, 0.15) is 25.7 Å². The molecule has 0 aromatic heterocycles. The Balaban J connectivity index is 2.23. The zero-order valence-corrected chi connectivity index (χ0v) is 10.9. The van der Waals surface area contributed by atoms with Crippen molar-refractivity contribution in [1.82, 2.24) is 0 Å². The maximum absolute atomic E-state index is 10.5. The van der Waals surface area contributed by atoms with Crippen LogP contribution in [0.4, 0.5) is 5.69 Å². The molecule has 0 radical (unpaired) electrons. The van der Waals surface area contributed by atoms with E-state index < -0.39 is 17.0 Å². The van der Waals surface area contributed by atoms with E-state index >= 15 is 0 Å². The molecule has 0 bridgehead atoms. The van der Waals surface area contributed by atoms with Gasteiger partial charge >= 0.3 is 5.97 Å². The van der Waals surface area contributed by atoms with Gasteiger partial charge in [0.15, 0.2) is 0 Å². The van der Waals surface area contributed by atoms with E-state index in [0.717, 1.165) is 0 Å². The van der Waals surface area contributed by atoms with E-state index in [-0.39, 0.29) is 18.7 Å². The zero-order chi connectivity index (χ0) is 15.0. The van der Waals surface area contributed by atoms with Crippen LogP contribution in [0.15, 0.2) is 24.3 Å². The van der Waals surface area contributed by atoms with Gasteiger partial charge in [0.2, 0.25) is 0 Å². The molecule has 0 fully saturated rings. The Kier molecular flexibility index (Phi) is 6.45. The summed E-state index contributed by atoms with van der Waals surface area (Å²) in [6, 6.07) is 5.68. The van der Waals surface area contributed by atoms with Crippen molar-refractivity contribution in [2.45, 2.75) is 31.8 Å². The van der Waals surface area contributed by atoms with E-state index in [0.29, 0.717) is 25.0 Å². The van der Waals surface area contributed by atoms with Crippen molar-refractivity contribution in [2.24, 2.45) is 0 Å². The van der Waals surface area contributed by atoms with Crippen LogP contribution in [0, 0.1) is 10.1 Å². The molecule has 20 heavy (non-hydrogen) atoms. The maximum atomic E-state index is 10.5. The van der Waals surface area contributed by atoms with Crippen LogP contribution in [0.2, 0.25) is 0 Å². The largest absolute Gasteiger partial charge is 0.493 e. The van der Waals surface area contributed by atoms with Crippen LogP contribution in [-0.4, -0.2) is 33.8 Å². The third kappa shape index (κ3) is 6.14. The minimum Gasteiger partial charge on any atom is -0.493 e. The topological polar surface area (TPSA) is 110 Å². The maximum Gasteiger partial charge on any atom is 0.303 e. The molecule has 0 aliphatic carbocycles. The number of aliphatic hydroxyl groups is 1. The quantitative estimate of drug-likeness (QED) is 0.529. The molecule has 0 saturated carbocycles. The van der Waals surface area contributed by atoms with Crippen molar-refractivity contribution < 1.29 is 24.7 Å². The fourth-order valence-corrected chi connectivity index (χ4v) is 1.61. The Morgan fingerprint density at radius 2 is 1.95 bits per heavy atom. The molecular weight excluding hydrogens is 266 g/mol. The van der Waals surface area contributed by atoms with Crippen LogP contribution in [0.3, 0.4) is 0 Å². The van der Waals surface area contributed by atoms with E-state index in [9.17, 15) is 20.0 Å². The highest BCUT2D eigenvalue weighted by atomic mass is 16.6.